The van der Waals surface area contributed by atoms with E-state index in [0.29, 0.717) is 0 Å². The van der Waals surface area contributed by atoms with Crippen LogP contribution in [0.3, 0.4) is 0 Å². The fourth-order valence-corrected chi connectivity index (χ4v) is 0.0500. The molecule has 0 aromatic carbocycles. The van der Waals surface area contributed by atoms with Crippen molar-refractivity contribution in [2.75, 3.05) is 13.2 Å². The lowest BCUT2D eigenvalue weighted by Gasteiger charge is -2.16. The van der Waals surface area contributed by atoms with Crippen molar-refractivity contribution in [1.29, 1.82) is 0 Å². The van der Waals surface area contributed by atoms with Gasteiger partial charge in [0.25, 0.3) is 0 Å². The summed E-state index contributed by atoms with van der Waals surface area (Å²) in [4.78, 5) is 18.8. The maximum absolute atomic E-state index is 9.60. The molecule has 0 spiro atoms. The first-order valence-corrected chi connectivity index (χ1v) is 5.00. The third-order valence-corrected chi connectivity index (χ3v) is 1.40. The van der Waals surface area contributed by atoms with Gasteiger partial charge in [0.05, 0.1) is 13.2 Å². The van der Waals surface area contributed by atoms with Gasteiger partial charge in [-0.05, 0) is 6.92 Å². The van der Waals surface area contributed by atoms with Crippen LogP contribution in [0.5, 0.6) is 0 Å². The Morgan fingerprint density at radius 2 is 1.39 bits per heavy atom. The third-order valence-electron chi connectivity index (χ3n) is 1.40. The number of carboxylic acid groups (broad SMARTS) is 2. The summed E-state index contributed by atoms with van der Waals surface area (Å²) in [5, 5.41) is 32.4. The molecule has 0 fully saturated rings. The Bertz CT molecular complexity index is 262. The molecule has 0 atom stereocenters. The zero-order valence-corrected chi connectivity index (χ0v) is 11.0. The van der Waals surface area contributed by atoms with Crippen LogP contribution in [0.2, 0.25) is 0 Å². The Balaban J connectivity index is -0.000000190. The van der Waals surface area contributed by atoms with Crippen LogP contribution in [-0.4, -0.2) is 45.6 Å². The lowest BCUT2D eigenvalue weighted by molar-refractivity contribution is -0.133. The molecule has 0 aromatic heterocycles. The second-order valence-electron chi connectivity index (χ2n) is 4.11. The molecule has 0 rings (SSSR count). The molecular formula is C12H22O6. The zero-order chi connectivity index (χ0) is 15.4. The third kappa shape index (κ3) is 23.9. The number of hydrogen-bond acceptors (Lipinski definition) is 4. The van der Waals surface area contributed by atoms with Gasteiger partial charge >= 0.3 is 11.9 Å². The molecule has 106 valence electrons. The van der Waals surface area contributed by atoms with Crippen molar-refractivity contribution in [3.05, 3.63) is 24.8 Å². The largest absolute Gasteiger partial charge is 0.478 e. The lowest BCUT2D eigenvalue weighted by Crippen LogP contribution is -2.20. The fourth-order valence-electron chi connectivity index (χ4n) is 0.0500. The summed E-state index contributed by atoms with van der Waals surface area (Å²) < 4.78 is 0. The SMILES string of the molecule is C=C(C)C(=O)O.C=CC(=O)O.CC(C)(CO)CO. The van der Waals surface area contributed by atoms with Gasteiger partial charge in [-0.2, -0.15) is 0 Å². The van der Waals surface area contributed by atoms with Gasteiger partial charge in [-0.25, -0.2) is 9.59 Å². The van der Waals surface area contributed by atoms with E-state index >= 15 is 0 Å². The fraction of sp³-hybridized carbons (Fsp3) is 0.500. The van der Waals surface area contributed by atoms with Crippen LogP contribution in [0, 0.1) is 5.41 Å². The van der Waals surface area contributed by atoms with Crippen LogP contribution in [0.4, 0.5) is 0 Å². The van der Waals surface area contributed by atoms with Crippen molar-refractivity contribution < 1.29 is 30.0 Å². The summed E-state index contributed by atoms with van der Waals surface area (Å²) in [7, 11) is 0. The second-order valence-corrected chi connectivity index (χ2v) is 4.11. The van der Waals surface area contributed by atoms with Gasteiger partial charge in [-0.1, -0.05) is 27.0 Å². The van der Waals surface area contributed by atoms with E-state index in [1.165, 1.54) is 6.92 Å². The van der Waals surface area contributed by atoms with Crippen LogP contribution in [0.15, 0.2) is 24.8 Å². The van der Waals surface area contributed by atoms with Crippen molar-refractivity contribution in [1.82, 2.24) is 0 Å². The highest BCUT2D eigenvalue weighted by Crippen LogP contribution is 2.10. The number of aliphatic hydroxyl groups is 2. The van der Waals surface area contributed by atoms with E-state index in [1.807, 2.05) is 0 Å². The Morgan fingerprint density at radius 1 is 1.17 bits per heavy atom. The average Bonchev–Trinajstić information content (AvgIpc) is 2.30. The molecule has 0 heterocycles. The smallest absolute Gasteiger partial charge is 0.330 e. The normalized spacial score (nSPS) is 8.94. The number of hydrogen-bond donors (Lipinski definition) is 4. The van der Waals surface area contributed by atoms with Crippen molar-refractivity contribution in [2.24, 2.45) is 5.41 Å². The first kappa shape index (κ1) is 21.6. The summed E-state index contributed by atoms with van der Waals surface area (Å²) in [6.45, 7) is 11.2. The summed E-state index contributed by atoms with van der Waals surface area (Å²) in [6, 6.07) is 0. The van der Waals surface area contributed by atoms with Crippen molar-refractivity contribution in [3.63, 3.8) is 0 Å². The molecule has 6 nitrogen and oxygen atoms in total. The summed E-state index contributed by atoms with van der Waals surface area (Å²) in [5.41, 5.74) is -0.130. The number of aliphatic hydroxyl groups excluding tert-OH is 2. The van der Waals surface area contributed by atoms with E-state index in [-0.39, 0.29) is 24.2 Å². The van der Waals surface area contributed by atoms with Crippen molar-refractivity contribution >= 4 is 11.9 Å². The summed E-state index contributed by atoms with van der Waals surface area (Å²) in [5.74, 6) is -1.92. The van der Waals surface area contributed by atoms with Crippen LogP contribution in [0.25, 0.3) is 0 Å². The van der Waals surface area contributed by atoms with Crippen LogP contribution >= 0.6 is 0 Å². The predicted octanol–water partition coefficient (Wildman–Crippen LogP) is 0.901. The lowest BCUT2D eigenvalue weighted by atomic mass is 9.97. The van der Waals surface area contributed by atoms with Crippen molar-refractivity contribution in [2.45, 2.75) is 20.8 Å². The van der Waals surface area contributed by atoms with E-state index in [2.05, 4.69) is 13.2 Å². The van der Waals surface area contributed by atoms with E-state index in [0.717, 1.165) is 6.08 Å². The van der Waals surface area contributed by atoms with E-state index in [4.69, 9.17) is 20.4 Å². The number of carbonyl (C=O) groups is 2. The molecule has 0 aliphatic heterocycles. The van der Waals surface area contributed by atoms with E-state index in [1.54, 1.807) is 13.8 Å². The summed E-state index contributed by atoms with van der Waals surface area (Å²) in [6.07, 6.45) is 0.833. The maximum atomic E-state index is 9.60. The minimum Gasteiger partial charge on any atom is -0.478 e. The Kier molecular flexibility index (Phi) is 14.2. The Hall–Kier alpha value is -1.66. The predicted molar refractivity (Wildman–Crippen MR) is 68.2 cm³/mol. The minimum absolute atomic E-state index is 0.0451. The molecule has 18 heavy (non-hydrogen) atoms. The van der Waals surface area contributed by atoms with E-state index in [9.17, 15) is 9.59 Å². The zero-order valence-electron chi connectivity index (χ0n) is 11.0. The number of aliphatic carboxylic acids is 2. The molecule has 0 saturated carbocycles. The molecule has 0 aromatic rings. The van der Waals surface area contributed by atoms with Gasteiger partial charge in [0, 0.05) is 17.1 Å². The van der Waals surface area contributed by atoms with Crippen LogP contribution < -0.4 is 0 Å². The second kappa shape index (κ2) is 11.8. The van der Waals surface area contributed by atoms with E-state index < -0.39 is 11.9 Å². The quantitative estimate of drug-likeness (QED) is 0.559. The molecule has 0 aliphatic rings. The number of rotatable bonds is 4. The molecule has 0 aliphatic carbocycles. The van der Waals surface area contributed by atoms with Gasteiger partial charge in [0.15, 0.2) is 0 Å². The van der Waals surface area contributed by atoms with Crippen molar-refractivity contribution in [3.8, 4) is 0 Å². The average molecular weight is 262 g/mol. The highest BCUT2D eigenvalue weighted by atomic mass is 16.4. The Morgan fingerprint density at radius 3 is 1.39 bits per heavy atom. The first-order valence-electron chi connectivity index (χ1n) is 5.00. The molecule has 0 saturated heterocycles. The van der Waals surface area contributed by atoms with Gasteiger partial charge in [0.1, 0.15) is 0 Å². The molecule has 0 amide bonds. The minimum atomic E-state index is -0.981. The highest BCUT2D eigenvalue weighted by molar-refractivity contribution is 5.84. The maximum Gasteiger partial charge on any atom is 0.330 e. The first-order chi connectivity index (χ1) is 8.03. The summed E-state index contributed by atoms with van der Waals surface area (Å²) >= 11 is 0. The monoisotopic (exact) mass is 262 g/mol. The van der Waals surface area contributed by atoms with Crippen LogP contribution in [0.1, 0.15) is 20.8 Å². The van der Waals surface area contributed by atoms with Crippen LogP contribution in [-0.2, 0) is 9.59 Å². The molecule has 0 radical (unpaired) electrons. The highest BCUT2D eigenvalue weighted by Gasteiger charge is 2.13. The van der Waals surface area contributed by atoms with Gasteiger partial charge in [0.2, 0.25) is 0 Å². The van der Waals surface area contributed by atoms with Gasteiger partial charge in [-0.3, -0.25) is 0 Å². The topological polar surface area (TPSA) is 115 Å². The molecule has 0 bridgehead atoms. The van der Waals surface area contributed by atoms with Gasteiger partial charge in [-0.15, -0.1) is 0 Å². The molecule has 4 N–H and O–H groups in total. The molecular weight excluding hydrogens is 240 g/mol. The molecule has 6 heteroatoms. The van der Waals surface area contributed by atoms with Gasteiger partial charge < -0.3 is 20.4 Å². The Labute approximate surface area is 107 Å². The molecule has 0 unspecified atom stereocenters. The standard InChI is InChI=1S/C5H12O2.C4H6O2.C3H4O2/c1-5(2,3-6)4-7;1-3(2)4(5)6;1-2-3(4)5/h6-7H,3-4H2,1-2H3;1H2,2H3,(H,5,6);2H,1H2,(H,4,5). The number of carboxylic acids is 2.